The average Bonchev–Trinajstić information content (AvgIpc) is 3.48. The van der Waals surface area contributed by atoms with Gasteiger partial charge in [0.1, 0.15) is 0 Å². The number of benzene rings is 3. The maximum absolute atomic E-state index is 6.47. The predicted octanol–water partition coefficient (Wildman–Crippen LogP) is 11.8. The van der Waals surface area contributed by atoms with E-state index in [-0.39, 0.29) is 20.1 Å². The molecule has 0 saturated carbocycles. The fourth-order valence-corrected chi connectivity index (χ4v) is 6.24. The Balaban J connectivity index is 0.000000303. The zero-order valence-corrected chi connectivity index (χ0v) is 31.7. The van der Waals surface area contributed by atoms with Crippen molar-refractivity contribution in [3.05, 3.63) is 138 Å². The molecule has 0 N–H and O–H groups in total. The maximum atomic E-state index is 6.47. The first-order chi connectivity index (χ1) is 23.2. The van der Waals surface area contributed by atoms with E-state index < -0.39 is 0 Å². The molecular formula is C44H43IrN3O-2. The first-order valence-corrected chi connectivity index (χ1v) is 16.9. The Morgan fingerprint density at radius 1 is 0.694 bits per heavy atom. The minimum absolute atomic E-state index is 0. The van der Waals surface area contributed by atoms with Gasteiger partial charge in [0.05, 0.1) is 11.3 Å². The second-order valence-electron chi connectivity index (χ2n) is 13.5. The smallest absolute Gasteiger partial charge is 0.216 e. The molecule has 4 heterocycles. The summed E-state index contributed by atoms with van der Waals surface area (Å²) in [6, 6.07) is 37.4. The van der Waals surface area contributed by atoms with Gasteiger partial charge in [0.15, 0.2) is 0 Å². The number of pyridine rings is 3. The Hall–Kier alpha value is -4.44. The van der Waals surface area contributed by atoms with Gasteiger partial charge in [-0.25, -0.2) is 4.98 Å². The van der Waals surface area contributed by atoms with Crippen molar-refractivity contribution in [3.8, 4) is 33.8 Å². The second kappa shape index (κ2) is 15.8. The van der Waals surface area contributed by atoms with Gasteiger partial charge in [-0.3, -0.25) is 0 Å². The largest absolute Gasteiger partial charge is 0.486 e. The number of nitrogens with zero attached hydrogens (tertiary/aromatic N) is 3. The quantitative estimate of drug-likeness (QED) is 0.150. The van der Waals surface area contributed by atoms with Gasteiger partial charge >= 0.3 is 0 Å². The van der Waals surface area contributed by atoms with Crippen molar-refractivity contribution in [3.63, 3.8) is 0 Å². The Morgan fingerprint density at radius 3 is 2.10 bits per heavy atom. The number of hydrogen-bond acceptors (Lipinski definition) is 4. The maximum Gasteiger partial charge on any atom is 0.216 e. The minimum atomic E-state index is 0. The van der Waals surface area contributed by atoms with Crippen molar-refractivity contribution in [1.29, 1.82) is 0 Å². The van der Waals surface area contributed by atoms with Crippen LogP contribution in [0.15, 0.2) is 108 Å². The summed E-state index contributed by atoms with van der Waals surface area (Å²) in [5.41, 5.74) is 12.6. The van der Waals surface area contributed by atoms with E-state index >= 15 is 0 Å². The number of hydrogen-bond donors (Lipinski definition) is 0. The SMILES string of the molecule is Cc1cnc(-c2[c-]ccc3c2oc2nc(-c4c(C(C)C)cccc4C(C)C)ccc23)cc1CC(C)C.[Ir].[c-]1ccccc1-c1ccccn1. The number of aromatic nitrogens is 3. The summed E-state index contributed by atoms with van der Waals surface area (Å²) in [7, 11) is 0. The molecule has 0 aliphatic carbocycles. The predicted molar refractivity (Wildman–Crippen MR) is 199 cm³/mol. The molecule has 4 nitrogen and oxygen atoms in total. The van der Waals surface area contributed by atoms with E-state index in [1.165, 1.54) is 27.8 Å². The number of fused-ring (bicyclic) bond motifs is 3. The summed E-state index contributed by atoms with van der Waals surface area (Å²) < 4.78 is 6.47. The molecule has 3 aromatic carbocycles. The molecular weight excluding hydrogens is 779 g/mol. The van der Waals surface area contributed by atoms with E-state index in [1.54, 1.807) is 6.20 Å². The van der Waals surface area contributed by atoms with Crippen molar-refractivity contribution in [2.45, 2.75) is 66.7 Å². The zero-order chi connectivity index (χ0) is 33.8. The molecule has 4 aromatic heterocycles. The van der Waals surface area contributed by atoms with Gasteiger partial charge in [0.25, 0.3) is 0 Å². The van der Waals surface area contributed by atoms with Gasteiger partial charge in [-0.15, -0.1) is 54.1 Å². The summed E-state index contributed by atoms with van der Waals surface area (Å²) in [6.45, 7) is 15.6. The second-order valence-corrected chi connectivity index (χ2v) is 13.5. The van der Waals surface area contributed by atoms with E-state index in [1.807, 2.05) is 54.7 Å². The first kappa shape index (κ1) is 35.9. The number of rotatable bonds is 7. The van der Waals surface area contributed by atoms with Crippen LogP contribution in [0.2, 0.25) is 0 Å². The minimum Gasteiger partial charge on any atom is -0.486 e. The molecule has 0 spiro atoms. The molecule has 1 radical (unpaired) electrons. The average molecular weight is 822 g/mol. The van der Waals surface area contributed by atoms with E-state index in [4.69, 9.17) is 14.4 Å². The van der Waals surface area contributed by atoms with E-state index in [2.05, 4.69) is 108 Å². The molecule has 0 unspecified atom stereocenters. The monoisotopic (exact) mass is 822 g/mol. The molecule has 0 fully saturated rings. The normalized spacial score (nSPS) is 11.2. The molecule has 0 aliphatic rings. The summed E-state index contributed by atoms with van der Waals surface area (Å²) in [5, 5.41) is 2.07. The van der Waals surface area contributed by atoms with Crippen molar-refractivity contribution >= 4 is 22.1 Å². The van der Waals surface area contributed by atoms with Gasteiger partial charge in [-0.05, 0) is 77.4 Å². The molecule has 7 aromatic rings. The summed E-state index contributed by atoms with van der Waals surface area (Å²) in [5.74, 6) is 1.39. The zero-order valence-electron chi connectivity index (χ0n) is 29.3. The molecule has 0 aliphatic heterocycles. The Bertz CT molecular complexity index is 2090. The van der Waals surface area contributed by atoms with Crippen LogP contribution in [0.5, 0.6) is 0 Å². The van der Waals surface area contributed by atoms with E-state index in [0.717, 1.165) is 51.0 Å². The van der Waals surface area contributed by atoms with Crippen molar-refractivity contribution < 1.29 is 24.5 Å². The Kier molecular flexibility index (Phi) is 11.6. The van der Waals surface area contributed by atoms with Crippen LogP contribution in [0.25, 0.3) is 55.8 Å². The van der Waals surface area contributed by atoms with Crippen LogP contribution in [0, 0.1) is 25.0 Å². The topological polar surface area (TPSA) is 51.8 Å². The molecule has 251 valence electrons. The molecule has 0 amide bonds. The van der Waals surface area contributed by atoms with Crippen molar-refractivity contribution in [2.75, 3.05) is 0 Å². The summed E-state index contributed by atoms with van der Waals surface area (Å²) in [6.07, 6.45) is 4.78. The number of furan rings is 1. The van der Waals surface area contributed by atoms with Crippen LogP contribution >= 0.6 is 0 Å². The third-order valence-electron chi connectivity index (χ3n) is 8.68. The van der Waals surface area contributed by atoms with Crippen molar-refractivity contribution in [1.82, 2.24) is 15.0 Å². The third kappa shape index (κ3) is 7.90. The summed E-state index contributed by atoms with van der Waals surface area (Å²) in [4.78, 5) is 14.0. The van der Waals surface area contributed by atoms with Gasteiger partial charge in [0, 0.05) is 43.4 Å². The van der Waals surface area contributed by atoms with Crippen molar-refractivity contribution in [2.24, 2.45) is 5.92 Å². The molecule has 0 atom stereocenters. The molecule has 5 heteroatoms. The number of aryl methyl sites for hydroxylation is 1. The van der Waals surface area contributed by atoms with Crippen LogP contribution in [0.3, 0.4) is 0 Å². The molecule has 49 heavy (non-hydrogen) atoms. The van der Waals surface area contributed by atoms with Crippen LogP contribution in [-0.4, -0.2) is 15.0 Å². The third-order valence-corrected chi connectivity index (χ3v) is 8.68. The van der Waals surface area contributed by atoms with Gasteiger partial charge < -0.3 is 14.4 Å². The Morgan fingerprint density at radius 2 is 1.45 bits per heavy atom. The van der Waals surface area contributed by atoms with Crippen LogP contribution in [-0.2, 0) is 26.5 Å². The fraction of sp³-hybridized carbons (Fsp3) is 0.250. The first-order valence-electron chi connectivity index (χ1n) is 16.9. The molecule has 7 rings (SSSR count). The van der Waals surface area contributed by atoms with Gasteiger partial charge in [0.2, 0.25) is 5.71 Å². The van der Waals surface area contributed by atoms with Gasteiger partial charge in [-0.1, -0.05) is 94.5 Å². The standard InChI is InChI=1S/C33H35N2O.C11H8N.Ir/c1-19(2)16-23-17-30(34-18-22(23)7)28-13-9-12-26-27-14-15-29(35-33(27)36-32(26)28)31-24(20(3)4)10-8-11-25(31)21(5)6;1-2-6-10(7-3-1)11-8-4-5-9-12-11;/h8-12,14-15,17-21H,16H2,1-7H3;1-6,8-9H;/q2*-1;. The fourth-order valence-electron chi connectivity index (χ4n) is 6.24. The van der Waals surface area contributed by atoms with E-state index in [0.29, 0.717) is 23.5 Å². The van der Waals surface area contributed by atoms with Crippen LogP contribution in [0.4, 0.5) is 0 Å². The van der Waals surface area contributed by atoms with Crippen LogP contribution in [0.1, 0.15) is 75.6 Å². The van der Waals surface area contributed by atoms with E-state index in [9.17, 15) is 0 Å². The summed E-state index contributed by atoms with van der Waals surface area (Å²) >= 11 is 0. The Labute approximate surface area is 304 Å². The molecule has 0 saturated heterocycles. The van der Waals surface area contributed by atoms with Crippen LogP contribution < -0.4 is 0 Å². The van der Waals surface area contributed by atoms with Gasteiger partial charge in [-0.2, -0.15) is 0 Å². The molecule has 0 bridgehead atoms.